The molecule has 2 atom stereocenters. The standard InChI is InChI=1S/C14H24N2/c1-5-11(3)15-13-9-7-8-10-14(13)16-12(4)6-2/h7-12,15-16H,5-6H2,1-4H3. The molecule has 1 aromatic rings. The van der Waals surface area contributed by atoms with Crippen LogP contribution >= 0.6 is 0 Å². The number of anilines is 2. The van der Waals surface area contributed by atoms with Crippen LogP contribution < -0.4 is 10.6 Å². The molecule has 0 aliphatic rings. The average Bonchev–Trinajstić information content (AvgIpc) is 2.31. The molecule has 2 heteroatoms. The predicted octanol–water partition coefficient (Wildman–Crippen LogP) is 4.11. The van der Waals surface area contributed by atoms with Gasteiger partial charge in [0.1, 0.15) is 0 Å². The summed E-state index contributed by atoms with van der Waals surface area (Å²) in [4.78, 5) is 0. The third kappa shape index (κ3) is 3.76. The largest absolute Gasteiger partial charge is 0.381 e. The van der Waals surface area contributed by atoms with Gasteiger partial charge in [-0.15, -0.1) is 0 Å². The topological polar surface area (TPSA) is 24.1 Å². The summed E-state index contributed by atoms with van der Waals surface area (Å²) in [5.41, 5.74) is 2.41. The van der Waals surface area contributed by atoms with Gasteiger partial charge in [-0.3, -0.25) is 0 Å². The molecular formula is C14H24N2. The van der Waals surface area contributed by atoms with Crippen LogP contribution in [0.1, 0.15) is 40.5 Å². The van der Waals surface area contributed by atoms with Crippen LogP contribution in [0.4, 0.5) is 11.4 Å². The first-order valence-corrected chi connectivity index (χ1v) is 6.29. The highest BCUT2D eigenvalue weighted by Crippen LogP contribution is 2.23. The van der Waals surface area contributed by atoms with E-state index in [1.165, 1.54) is 11.4 Å². The Balaban J connectivity index is 2.75. The molecule has 0 radical (unpaired) electrons. The number of hydrogen-bond donors (Lipinski definition) is 2. The van der Waals surface area contributed by atoms with E-state index in [0.29, 0.717) is 12.1 Å². The fraction of sp³-hybridized carbons (Fsp3) is 0.571. The van der Waals surface area contributed by atoms with Gasteiger partial charge < -0.3 is 10.6 Å². The van der Waals surface area contributed by atoms with E-state index < -0.39 is 0 Å². The monoisotopic (exact) mass is 220 g/mol. The highest BCUT2D eigenvalue weighted by Gasteiger charge is 2.06. The third-order valence-corrected chi connectivity index (χ3v) is 2.96. The summed E-state index contributed by atoms with van der Waals surface area (Å²) in [6.07, 6.45) is 2.27. The van der Waals surface area contributed by atoms with Crippen LogP contribution in [0.5, 0.6) is 0 Å². The molecule has 2 N–H and O–H groups in total. The second kappa shape index (κ2) is 6.41. The van der Waals surface area contributed by atoms with Crippen molar-refractivity contribution in [3.8, 4) is 0 Å². The normalized spacial score (nSPS) is 14.2. The van der Waals surface area contributed by atoms with Crippen molar-refractivity contribution in [2.75, 3.05) is 10.6 Å². The third-order valence-electron chi connectivity index (χ3n) is 2.96. The summed E-state index contributed by atoms with van der Waals surface area (Å²) in [5.74, 6) is 0. The van der Waals surface area contributed by atoms with Crippen molar-refractivity contribution >= 4 is 11.4 Å². The molecule has 0 aliphatic carbocycles. The second-order valence-corrected chi connectivity index (χ2v) is 4.45. The van der Waals surface area contributed by atoms with Crippen LogP contribution in [-0.4, -0.2) is 12.1 Å². The van der Waals surface area contributed by atoms with Gasteiger partial charge >= 0.3 is 0 Å². The van der Waals surface area contributed by atoms with Gasteiger partial charge in [0.15, 0.2) is 0 Å². The predicted molar refractivity (Wildman–Crippen MR) is 73.2 cm³/mol. The van der Waals surface area contributed by atoms with Crippen LogP contribution in [-0.2, 0) is 0 Å². The van der Waals surface area contributed by atoms with E-state index in [2.05, 4.69) is 62.6 Å². The lowest BCUT2D eigenvalue weighted by atomic mass is 10.2. The van der Waals surface area contributed by atoms with Crippen LogP contribution in [0.3, 0.4) is 0 Å². The maximum atomic E-state index is 3.53. The van der Waals surface area contributed by atoms with Crippen LogP contribution in [0.15, 0.2) is 24.3 Å². The molecule has 0 aliphatic heterocycles. The van der Waals surface area contributed by atoms with Crippen molar-refractivity contribution in [2.24, 2.45) is 0 Å². The number of hydrogen-bond acceptors (Lipinski definition) is 2. The van der Waals surface area contributed by atoms with Crippen molar-refractivity contribution in [1.29, 1.82) is 0 Å². The number of benzene rings is 1. The average molecular weight is 220 g/mol. The van der Waals surface area contributed by atoms with E-state index in [0.717, 1.165) is 12.8 Å². The summed E-state index contributed by atoms with van der Waals surface area (Å²) in [6.45, 7) is 8.81. The van der Waals surface area contributed by atoms with E-state index in [-0.39, 0.29) is 0 Å². The Kier molecular flexibility index (Phi) is 5.17. The van der Waals surface area contributed by atoms with Gasteiger partial charge in [0.05, 0.1) is 11.4 Å². The van der Waals surface area contributed by atoms with Crippen molar-refractivity contribution < 1.29 is 0 Å². The lowest BCUT2D eigenvalue weighted by Gasteiger charge is -2.20. The first kappa shape index (κ1) is 12.9. The lowest BCUT2D eigenvalue weighted by molar-refractivity contribution is 0.754. The second-order valence-electron chi connectivity index (χ2n) is 4.45. The van der Waals surface area contributed by atoms with Crippen molar-refractivity contribution in [3.05, 3.63) is 24.3 Å². The lowest BCUT2D eigenvalue weighted by Crippen LogP contribution is -2.18. The first-order valence-electron chi connectivity index (χ1n) is 6.29. The van der Waals surface area contributed by atoms with Crippen molar-refractivity contribution in [1.82, 2.24) is 0 Å². The Morgan fingerprint density at radius 1 is 0.875 bits per heavy atom. The molecule has 0 heterocycles. The van der Waals surface area contributed by atoms with Gasteiger partial charge in [-0.1, -0.05) is 26.0 Å². The molecule has 0 aromatic heterocycles. The molecule has 0 saturated carbocycles. The zero-order valence-corrected chi connectivity index (χ0v) is 10.9. The minimum atomic E-state index is 0.514. The molecule has 16 heavy (non-hydrogen) atoms. The molecule has 0 spiro atoms. The zero-order chi connectivity index (χ0) is 12.0. The number of nitrogens with one attached hydrogen (secondary N) is 2. The summed E-state index contributed by atoms with van der Waals surface area (Å²) in [7, 11) is 0. The zero-order valence-electron chi connectivity index (χ0n) is 10.9. The Morgan fingerprint density at radius 3 is 1.56 bits per heavy atom. The number of rotatable bonds is 6. The van der Waals surface area contributed by atoms with Gasteiger partial charge in [-0.2, -0.15) is 0 Å². The summed E-state index contributed by atoms with van der Waals surface area (Å²) < 4.78 is 0. The van der Waals surface area contributed by atoms with Gasteiger partial charge in [0, 0.05) is 12.1 Å². The Labute approximate surface area is 99.5 Å². The maximum absolute atomic E-state index is 3.53. The Bertz CT molecular complexity index is 278. The van der Waals surface area contributed by atoms with Crippen LogP contribution in [0, 0.1) is 0 Å². The molecule has 1 rings (SSSR count). The molecule has 2 unspecified atom stereocenters. The van der Waals surface area contributed by atoms with E-state index in [9.17, 15) is 0 Å². The SMILES string of the molecule is CCC(C)Nc1ccccc1NC(C)CC. The minimum Gasteiger partial charge on any atom is -0.381 e. The molecule has 1 aromatic carbocycles. The van der Waals surface area contributed by atoms with Crippen LogP contribution in [0.2, 0.25) is 0 Å². The molecular weight excluding hydrogens is 196 g/mol. The molecule has 0 amide bonds. The van der Waals surface area contributed by atoms with Gasteiger partial charge in [-0.05, 0) is 38.8 Å². The van der Waals surface area contributed by atoms with Crippen LogP contribution in [0.25, 0.3) is 0 Å². The quantitative estimate of drug-likeness (QED) is 0.754. The van der Waals surface area contributed by atoms with E-state index in [4.69, 9.17) is 0 Å². The molecule has 0 saturated heterocycles. The molecule has 2 nitrogen and oxygen atoms in total. The number of para-hydroxylation sites is 2. The van der Waals surface area contributed by atoms with E-state index in [1.807, 2.05) is 0 Å². The fourth-order valence-electron chi connectivity index (χ4n) is 1.47. The minimum absolute atomic E-state index is 0.514. The van der Waals surface area contributed by atoms with Crippen molar-refractivity contribution in [3.63, 3.8) is 0 Å². The van der Waals surface area contributed by atoms with Gasteiger partial charge in [-0.25, -0.2) is 0 Å². The van der Waals surface area contributed by atoms with E-state index in [1.54, 1.807) is 0 Å². The molecule has 90 valence electrons. The maximum Gasteiger partial charge on any atom is 0.0578 e. The molecule has 0 fully saturated rings. The van der Waals surface area contributed by atoms with Gasteiger partial charge in [0.2, 0.25) is 0 Å². The summed E-state index contributed by atoms with van der Waals surface area (Å²) in [5, 5.41) is 7.05. The summed E-state index contributed by atoms with van der Waals surface area (Å²) in [6, 6.07) is 9.45. The summed E-state index contributed by atoms with van der Waals surface area (Å²) >= 11 is 0. The smallest absolute Gasteiger partial charge is 0.0578 e. The highest BCUT2D eigenvalue weighted by molar-refractivity contribution is 5.69. The highest BCUT2D eigenvalue weighted by atomic mass is 15.0. The van der Waals surface area contributed by atoms with Gasteiger partial charge in [0.25, 0.3) is 0 Å². The Morgan fingerprint density at radius 2 is 1.25 bits per heavy atom. The Hall–Kier alpha value is -1.18. The molecule has 0 bridgehead atoms. The van der Waals surface area contributed by atoms with E-state index >= 15 is 0 Å². The first-order chi connectivity index (χ1) is 7.67. The fourth-order valence-corrected chi connectivity index (χ4v) is 1.47. The van der Waals surface area contributed by atoms with Crippen molar-refractivity contribution in [2.45, 2.75) is 52.6 Å².